The number of aromatic nitrogens is 1. The number of hydrogen-bond donors (Lipinski definition) is 1. The Morgan fingerprint density at radius 3 is 2.65 bits per heavy atom. The van der Waals surface area contributed by atoms with E-state index in [1.165, 1.54) is 0 Å². The van der Waals surface area contributed by atoms with E-state index >= 15 is 0 Å². The third kappa shape index (κ3) is 3.13. The first kappa shape index (κ1) is 18.9. The van der Waals surface area contributed by atoms with Crippen molar-refractivity contribution in [1.29, 1.82) is 10.7 Å². The van der Waals surface area contributed by atoms with Crippen LogP contribution < -0.4 is 19.8 Å². The number of nitrogens with zero attached hydrogens (tertiary/aromatic N) is 2. The van der Waals surface area contributed by atoms with E-state index in [0.29, 0.717) is 34.9 Å². The normalized spacial score (nSPS) is 18.8. The maximum atomic E-state index is 13.7. The first-order chi connectivity index (χ1) is 15.1. The molecule has 2 aromatic carbocycles. The van der Waals surface area contributed by atoms with Crippen molar-refractivity contribution in [2.45, 2.75) is 19.4 Å². The average molecular weight is 413 g/mol. The van der Waals surface area contributed by atoms with Crippen LogP contribution in [0.3, 0.4) is 0 Å². The molecule has 2 aliphatic heterocycles. The number of hydrogen-bond acceptors (Lipinski definition) is 6. The summed E-state index contributed by atoms with van der Waals surface area (Å²) in [6, 6.07) is 19.0. The second-order valence-electron chi connectivity index (χ2n) is 7.60. The molecule has 5 rings (SSSR count). The van der Waals surface area contributed by atoms with Gasteiger partial charge in [-0.15, -0.1) is 0 Å². The van der Waals surface area contributed by atoms with Gasteiger partial charge in [-0.1, -0.05) is 36.4 Å². The number of rotatable bonds is 3. The minimum atomic E-state index is -0.923. The van der Waals surface area contributed by atoms with Crippen LogP contribution in [-0.2, 0) is 6.54 Å². The molecule has 154 valence electrons. The van der Waals surface area contributed by atoms with Gasteiger partial charge in [-0.25, -0.2) is 0 Å². The van der Waals surface area contributed by atoms with Gasteiger partial charge in [-0.2, -0.15) is 5.26 Å². The molecule has 3 heterocycles. The van der Waals surface area contributed by atoms with Gasteiger partial charge >= 0.3 is 0 Å². The zero-order chi connectivity index (χ0) is 21.5. The summed E-state index contributed by atoms with van der Waals surface area (Å²) in [6.45, 7) is 2.37. The lowest BCUT2D eigenvalue weighted by molar-refractivity contribution is 0.174. The lowest BCUT2D eigenvalue weighted by Crippen LogP contribution is -2.38. The summed E-state index contributed by atoms with van der Waals surface area (Å²) in [5.74, 6) is -0.238. The molecule has 0 amide bonds. The summed E-state index contributed by atoms with van der Waals surface area (Å²) in [7, 11) is 0. The molecular formula is C24H19N3O4. The van der Waals surface area contributed by atoms with Gasteiger partial charge in [0.25, 0.3) is 5.56 Å². The number of aryl methyl sites for hydroxylation is 1. The first-order valence-electron chi connectivity index (χ1n) is 9.90. The monoisotopic (exact) mass is 413 g/mol. The van der Waals surface area contributed by atoms with Crippen LogP contribution in [0.15, 0.2) is 59.4 Å². The molecule has 1 aromatic heterocycles. The third-order valence-corrected chi connectivity index (χ3v) is 5.73. The van der Waals surface area contributed by atoms with Crippen LogP contribution in [0.1, 0.15) is 28.3 Å². The molecule has 2 aliphatic rings. The van der Waals surface area contributed by atoms with E-state index < -0.39 is 11.8 Å². The molecule has 0 fully saturated rings. The topological polar surface area (TPSA) is 97.3 Å². The highest BCUT2D eigenvalue weighted by Crippen LogP contribution is 2.43. The number of ether oxygens (including phenoxy) is 3. The largest absolute Gasteiger partial charge is 0.454 e. The molecule has 0 spiro atoms. The molecule has 0 saturated carbocycles. The van der Waals surface area contributed by atoms with Gasteiger partial charge in [0.05, 0.1) is 18.2 Å². The molecule has 1 N–H and O–H groups in total. The Labute approximate surface area is 178 Å². The van der Waals surface area contributed by atoms with Crippen molar-refractivity contribution in [2.24, 2.45) is 5.92 Å². The van der Waals surface area contributed by atoms with E-state index in [9.17, 15) is 10.1 Å². The Bertz CT molecular complexity index is 1290. The molecule has 7 heteroatoms. The Kier molecular flexibility index (Phi) is 4.48. The van der Waals surface area contributed by atoms with Crippen molar-refractivity contribution in [2.75, 3.05) is 6.79 Å². The molecule has 2 unspecified atom stereocenters. The maximum Gasteiger partial charge on any atom is 0.258 e. The summed E-state index contributed by atoms with van der Waals surface area (Å²) < 4.78 is 18.2. The van der Waals surface area contributed by atoms with Crippen molar-refractivity contribution in [3.63, 3.8) is 0 Å². The van der Waals surface area contributed by atoms with E-state index in [4.69, 9.17) is 19.6 Å². The SMILES string of the molecule is Cc1cc2c(c(=O)n1Cc1ccccc1)C(c1ccc3c(c1)OCO3)C(C#N)C(=N)O2. The number of fused-ring (bicyclic) bond motifs is 2. The number of nitrogens with one attached hydrogen (secondary N) is 1. The zero-order valence-electron chi connectivity index (χ0n) is 16.8. The van der Waals surface area contributed by atoms with Gasteiger partial charge in [0.2, 0.25) is 12.7 Å². The Morgan fingerprint density at radius 1 is 1.10 bits per heavy atom. The van der Waals surface area contributed by atoms with E-state index in [1.54, 1.807) is 22.8 Å². The molecular weight excluding hydrogens is 394 g/mol. The van der Waals surface area contributed by atoms with Crippen LogP contribution in [0, 0.1) is 29.6 Å². The lowest BCUT2D eigenvalue weighted by Gasteiger charge is -2.31. The summed E-state index contributed by atoms with van der Waals surface area (Å²) in [6.07, 6.45) is 0. The predicted octanol–water partition coefficient (Wildman–Crippen LogP) is 3.58. The van der Waals surface area contributed by atoms with Gasteiger partial charge in [0.15, 0.2) is 11.5 Å². The highest BCUT2D eigenvalue weighted by molar-refractivity contribution is 5.85. The standard InChI is InChI=1S/C24H19N3O4/c1-14-9-20-22(24(28)27(14)12-15-5-3-2-4-6-15)21(17(11-25)23(26)31-20)16-7-8-18-19(10-16)30-13-29-18/h2-10,17,21,26H,12-13H2,1H3. The van der Waals surface area contributed by atoms with E-state index in [-0.39, 0.29) is 18.2 Å². The van der Waals surface area contributed by atoms with Gasteiger partial charge < -0.3 is 18.8 Å². The first-order valence-corrected chi connectivity index (χ1v) is 9.90. The van der Waals surface area contributed by atoms with Crippen molar-refractivity contribution >= 4 is 5.90 Å². The van der Waals surface area contributed by atoms with Crippen LogP contribution >= 0.6 is 0 Å². The fourth-order valence-electron chi connectivity index (χ4n) is 4.19. The van der Waals surface area contributed by atoms with Crippen molar-refractivity contribution in [1.82, 2.24) is 4.57 Å². The zero-order valence-corrected chi connectivity index (χ0v) is 16.8. The number of benzene rings is 2. The average Bonchev–Trinajstić information content (AvgIpc) is 3.24. The second kappa shape index (κ2) is 7.33. The molecule has 7 nitrogen and oxygen atoms in total. The van der Waals surface area contributed by atoms with Gasteiger partial charge in [-0.3, -0.25) is 10.2 Å². The van der Waals surface area contributed by atoms with Gasteiger partial charge in [0.1, 0.15) is 11.7 Å². The molecule has 0 saturated heterocycles. The number of nitriles is 1. The van der Waals surface area contributed by atoms with E-state index in [0.717, 1.165) is 11.3 Å². The van der Waals surface area contributed by atoms with E-state index in [2.05, 4.69) is 6.07 Å². The summed E-state index contributed by atoms with van der Waals surface area (Å²) in [4.78, 5) is 13.7. The molecule has 31 heavy (non-hydrogen) atoms. The van der Waals surface area contributed by atoms with Crippen LogP contribution in [0.4, 0.5) is 0 Å². The predicted molar refractivity (Wildman–Crippen MR) is 113 cm³/mol. The van der Waals surface area contributed by atoms with Gasteiger partial charge in [0, 0.05) is 17.7 Å². The quantitative estimate of drug-likeness (QED) is 0.708. The Balaban J connectivity index is 1.69. The Morgan fingerprint density at radius 2 is 1.87 bits per heavy atom. The summed E-state index contributed by atoms with van der Waals surface area (Å²) >= 11 is 0. The van der Waals surface area contributed by atoms with Crippen molar-refractivity contribution in [3.8, 4) is 23.3 Å². The third-order valence-electron chi connectivity index (χ3n) is 5.73. The molecule has 2 atom stereocenters. The van der Waals surface area contributed by atoms with Crippen LogP contribution in [-0.4, -0.2) is 17.3 Å². The minimum Gasteiger partial charge on any atom is -0.454 e. The minimum absolute atomic E-state index is 0.129. The smallest absolute Gasteiger partial charge is 0.258 e. The van der Waals surface area contributed by atoms with E-state index in [1.807, 2.05) is 43.3 Å². The number of pyridine rings is 1. The second-order valence-corrected chi connectivity index (χ2v) is 7.60. The van der Waals surface area contributed by atoms with Crippen LogP contribution in [0.2, 0.25) is 0 Å². The molecule has 0 aliphatic carbocycles. The molecule has 0 bridgehead atoms. The molecule has 3 aromatic rings. The summed E-state index contributed by atoms with van der Waals surface area (Å²) in [5.41, 5.74) is 2.57. The van der Waals surface area contributed by atoms with Crippen molar-refractivity contribution in [3.05, 3.63) is 87.3 Å². The van der Waals surface area contributed by atoms with Gasteiger partial charge in [-0.05, 0) is 30.2 Å². The Hall–Kier alpha value is -4.05. The fraction of sp³-hybridized carbons (Fsp3) is 0.208. The summed E-state index contributed by atoms with van der Waals surface area (Å²) in [5, 5.41) is 18.1. The van der Waals surface area contributed by atoms with Crippen molar-refractivity contribution < 1.29 is 14.2 Å². The van der Waals surface area contributed by atoms with Crippen LogP contribution in [0.25, 0.3) is 0 Å². The maximum absolute atomic E-state index is 13.7. The van der Waals surface area contributed by atoms with Crippen LogP contribution in [0.5, 0.6) is 17.2 Å². The highest BCUT2D eigenvalue weighted by atomic mass is 16.7. The fourth-order valence-corrected chi connectivity index (χ4v) is 4.19. The molecule has 0 radical (unpaired) electrons. The highest BCUT2D eigenvalue weighted by Gasteiger charge is 2.40. The lowest BCUT2D eigenvalue weighted by atomic mass is 9.79.